The molecule has 0 aliphatic rings. The van der Waals surface area contributed by atoms with Gasteiger partial charge in [0.15, 0.2) is 0 Å². The Kier molecular flexibility index (Phi) is 3.64. The molecule has 0 spiro atoms. The summed E-state index contributed by atoms with van der Waals surface area (Å²) in [4.78, 5) is 0. The lowest BCUT2D eigenvalue weighted by Crippen LogP contribution is -2.10. The smallest absolute Gasteiger partial charge is 0.0991 e. The molecule has 2 aromatic carbocycles. The average molecular weight is 236 g/mol. The molecule has 2 nitrogen and oxygen atoms in total. The van der Waals surface area contributed by atoms with E-state index in [4.69, 9.17) is 5.26 Å². The molecule has 1 N–H and O–H groups in total. The van der Waals surface area contributed by atoms with E-state index >= 15 is 0 Å². The van der Waals surface area contributed by atoms with Crippen LogP contribution in [0.4, 0.5) is 5.69 Å². The summed E-state index contributed by atoms with van der Waals surface area (Å²) in [5.41, 5.74) is 4.10. The Morgan fingerprint density at radius 1 is 1.00 bits per heavy atom. The zero-order valence-corrected chi connectivity index (χ0v) is 10.6. The molecule has 2 heteroatoms. The number of nitriles is 1. The standard InChI is InChI=1S/C16H16N2/c1-12(2)18-16-6-4-3-5-15(16)14-9-7-13(11-17)8-10-14/h3-10,12,18H,1-2H3. The fourth-order valence-electron chi connectivity index (χ4n) is 1.90. The van der Waals surface area contributed by atoms with E-state index in [9.17, 15) is 0 Å². The molecular weight excluding hydrogens is 220 g/mol. The molecule has 0 amide bonds. The Balaban J connectivity index is 2.40. The molecule has 2 rings (SSSR count). The lowest BCUT2D eigenvalue weighted by Gasteiger charge is -2.14. The zero-order valence-electron chi connectivity index (χ0n) is 10.6. The zero-order chi connectivity index (χ0) is 13.0. The van der Waals surface area contributed by atoms with Crippen molar-refractivity contribution < 1.29 is 0 Å². The summed E-state index contributed by atoms with van der Waals surface area (Å²) in [7, 11) is 0. The van der Waals surface area contributed by atoms with E-state index in [2.05, 4.69) is 37.4 Å². The summed E-state index contributed by atoms with van der Waals surface area (Å²) < 4.78 is 0. The first kappa shape index (κ1) is 12.2. The number of anilines is 1. The van der Waals surface area contributed by atoms with Crippen LogP contribution in [0.5, 0.6) is 0 Å². The van der Waals surface area contributed by atoms with Crippen LogP contribution >= 0.6 is 0 Å². The van der Waals surface area contributed by atoms with Gasteiger partial charge in [-0.3, -0.25) is 0 Å². The molecule has 0 unspecified atom stereocenters. The second kappa shape index (κ2) is 5.37. The third kappa shape index (κ3) is 2.70. The highest BCUT2D eigenvalue weighted by molar-refractivity contribution is 5.78. The largest absolute Gasteiger partial charge is 0.382 e. The lowest BCUT2D eigenvalue weighted by atomic mass is 10.0. The summed E-state index contributed by atoms with van der Waals surface area (Å²) in [6, 6.07) is 18.4. The first-order valence-corrected chi connectivity index (χ1v) is 6.07. The lowest BCUT2D eigenvalue weighted by molar-refractivity contribution is 0.900. The number of nitrogens with one attached hydrogen (secondary N) is 1. The van der Waals surface area contributed by atoms with E-state index in [0.29, 0.717) is 11.6 Å². The van der Waals surface area contributed by atoms with E-state index in [0.717, 1.165) is 16.8 Å². The number of hydrogen-bond donors (Lipinski definition) is 1. The van der Waals surface area contributed by atoms with Crippen molar-refractivity contribution in [2.75, 3.05) is 5.32 Å². The highest BCUT2D eigenvalue weighted by Crippen LogP contribution is 2.28. The van der Waals surface area contributed by atoms with Gasteiger partial charge in [-0.1, -0.05) is 30.3 Å². The second-order valence-corrected chi connectivity index (χ2v) is 4.53. The van der Waals surface area contributed by atoms with E-state index in [-0.39, 0.29) is 0 Å². The minimum atomic E-state index is 0.393. The van der Waals surface area contributed by atoms with Crippen LogP contribution in [0.2, 0.25) is 0 Å². The molecule has 0 fully saturated rings. The molecule has 0 aliphatic heterocycles. The molecule has 0 saturated carbocycles. The van der Waals surface area contributed by atoms with Gasteiger partial charge in [0.1, 0.15) is 0 Å². The van der Waals surface area contributed by atoms with Gasteiger partial charge in [0.2, 0.25) is 0 Å². The van der Waals surface area contributed by atoms with Gasteiger partial charge in [-0.25, -0.2) is 0 Å². The third-order valence-corrected chi connectivity index (χ3v) is 2.70. The summed E-state index contributed by atoms with van der Waals surface area (Å²) in [5.74, 6) is 0. The van der Waals surface area contributed by atoms with E-state index < -0.39 is 0 Å². The molecule has 0 aliphatic carbocycles. The van der Waals surface area contributed by atoms with Crippen molar-refractivity contribution in [2.24, 2.45) is 0 Å². The molecule has 0 heterocycles. The number of para-hydroxylation sites is 1. The van der Waals surface area contributed by atoms with Crippen molar-refractivity contribution in [1.29, 1.82) is 5.26 Å². The van der Waals surface area contributed by atoms with Gasteiger partial charge in [0.05, 0.1) is 11.6 Å². The van der Waals surface area contributed by atoms with Crippen LogP contribution in [0.25, 0.3) is 11.1 Å². The predicted molar refractivity (Wildman–Crippen MR) is 75.4 cm³/mol. The highest BCUT2D eigenvalue weighted by Gasteiger charge is 2.05. The number of nitrogens with zero attached hydrogens (tertiary/aromatic N) is 1. The van der Waals surface area contributed by atoms with Crippen molar-refractivity contribution >= 4 is 5.69 Å². The maximum Gasteiger partial charge on any atom is 0.0991 e. The first-order chi connectivity index (χ1) is 8.70. The molecule has 2 aromatic rings. The topological polar surface area (TPSA) is 35.8 Å². The normalized spacial score (nSPS) is 10.1. The molecular formula is C16H16N2. The fraction of sp³-hybridized carbons (Fsp3) is 0.188. The average Bonchev–Trinajstić information content (AvgIpc) is 2.39. The van der Waals surface area contributed by atoms with Crippen LogP contribution in [0.15, 0.2) is 48.5 Å². The second-order valence-electron chi connectivity index (χ2n) is 4.53. The van der Waals surface area contributed by atoms with Crippen LogP contribution in [-0.2, 0) is 0 Å². The molecule has 0 saturated heterocycles. The van der Waals surface area contributed by atoms with Crippen molar-refractivity contribution in [1.82, 2.24) is 0 Å². The molecule has 0 radical (unpaired) electrons. The molecule has 90 valence electrons. The molecule has 0 atom stereocenters. The quantitative estimate of drug-likeness (QED) is 0.872. The van der Waals surface area contributed by atoms with Crippen LogP contribution in [0.1, 0.15) is 19.4 Å². The summed E-state index contributed by atoms with van der Waals surface area (Å²) >= 11 is 0. The Hall–Kier alpha value is -2.27. The minimum Gasteiger partial charge on any atom is -0.382 e. The maximum absolute atomic E-state index is 8.81. The monoisotopic (exact) mass is 236 g/mol. The van der Waals surface area contributed by atoms with Gasteiger partial charge >= 0.3 is 0 Å². The van der Waals surface area contributed by atoms with Crippen LogP contribution in [0.3, 0.4) is 0 Å². The Bertz CT molecular complexity index is 562. The van der Waals surface area contributed by atoms with Crippen molar-refractivity contribution in [3.63, 3.8) is 0 Å². The van der Waals surface area contributed by atoms with Gasteiger partial charge in [0.25, 0.3) is 0 Å². The van der Waals surface area contributed by atoms with E-state index in [1.807, 2.05) is 36.4 Å². The first-order valence-electron chi connectivity index (χ1n) is 6.07. The van der Waals surface area contributed by atoms with Crippen LogP contribution < -0.4 is 5.32 Å². The minimum absolute atomic E-state index is 0.393. The number of benzene rings is 2. The fourth-order valence-corrected chi connectivity index (χ4v) is 1.90. The van der Waals surface area contributed by atoms with Crippen molar-refractivity contribution in [2.45, 2.75) is 19.9 Å². The number of hydrogen-bond acceptors (Lipinski definition) is 2. The summed E-state index contributed by atoms with van der Waals surface area (Å²) in [6.07, 6.45) is 0. The predicted octanol–water partition coefficient (Wildman–Crippen LogP) is 4.05. The SMILES string of the molecule is CC(C)Nc1ccccc1-c1ccc(C#N)cc1. The maximum atomic E-state index is 8.81. The Morgan fingerprint density at radius 2 is 1.67 bits per heavy atom. The van der Waals surface area contributed by atoms with E-state index in [1.54, 1.807) is 0 Å². The van der Waals surface area contributed by atoms with Crippen molar-refractivity contribution in [3.05, 3.63) is 54.1 Å². The number of rotatable bonds is 3. The molecule has 18 heavy (non-hydrogen) atoms. The third-order valence-electron chi connectivity index (χ3n) is 2.70. The van der Waals surface area contributed by atoms with Gasteiger partial charge < -0.3 is 5.32 Å². The van der Waals surface area contributed by atoms with Gasteiger partial charge in [-0.2, -0.15) is 5.26 Å². The summed E-state index contributed by atoms with van der Waals surface area (Å²) in [6.45, 7) is 4.24. The van der Waals surface area contributed by atoms with Crippen LogP contribution in [-0.4, -0.2) is 6.04 Å². The van der Waals surface area contributed by atoms with E-state index in [1.165, 1.54) is 0 Å². The highest BCUT2D eigenvalue weighted by atomic mass is 14.9. The molecule has 0 bridgehead atoms. The van der Waals surface area contributed by atoms with Gasteiger partial charge in [-0.15, -0.1) is 0 Å². The summed E-state index contributed by atoms with van der Waals surface area (Å²) in [5, 5.41) is 12.2. The Labute approximate surface area is 108 Å². The van der Waals surface area contributed by atoms with Crippen LogP contribution in [0, 0.1) is 11.3 Å². The Morgan fingerprint density at radius 3 is 2.28 bits per heavy atom. The van der Waals surface area contributed by atoms with Gasteiger partial charge in [0, 0.05) is 17.3 Å². The van der Waals surface area contributed by atoms with Crippen molar-refractivity contribution in [3.8, 4) is 17.2 Å². The van der Waals surface area contributed by atoms with Gasteiger partial charge in [-0.05, 0) is 37.6 Å². The molecule has 0 aromatic heterocycles.